The second-order valence-electron chi connectivity index (χ2n) is 3.84. The van der Waals surface area contributed by atoms with Crippen LogP contribution in [-0.4, -0.2) is 25.0 Å². The number of halogens is 1. The molecular weight excluding hydrogens is 316 g/mol. The SMILES string of the molecule is CSc1nc(N)cc(Nc2c(Cl)ccc3nsnc23)n1. The van der Waals surface area contributed by atoms with Crippen LogP contribution in [0, 0.1) is 0 Å². The summed E-state index contributed by atoms with van der Waals surface area (Å²) in [6.07, 6.45) is 1.89. The van der Waals surface area contributed by atoms with Crippen LogP contribution in [0.2, 0.25) is 5.02 Å². The molecule has 0 atom stereocenters. The summed E-state index contributed by atoms with van der Waals surface area (Å²) in [4.78, 5) is 8.44. The highest BCUT2D eigenvalue weighted by Gasteiger charge is 2.11. The van der Waals surface area contributed by atoms with Gasteiger partial charge in [-0.15, -0.1) is 0 Å². The number of aromatic nitrogens is 4. The topological polar surface area (TPSA) is 89.6 Å². The third-order valence-corrected chi connectivity index (χ3v) is 3.94. The molecule has 2 aromatic heterocycles. The van der Waals surface area contributed by atoms with Gasteiger partial charge in [0.25, 0.3) is 0 Å². The predicted octanol–water partition coefficient (Wildman–Crippen LogP) is 3.18. The van der Waals surface area contributed by atoms with Gasteiger partial charge in [0.15, 0.2) is 5.16 Å². The Kier molecular flexibility index (Phi) is 3.60. The zero-order valence-electron chi connectivity index (χ0n) is 10.3. The molecule has 0 amide bonds. The molecule has 0 bridgehead atoms. The number of nitrogens with zero attached hydrogens (tertiary/aromatic N) is 4. The van der Waals surface area contributed by atoms with Crippen molar-refractivity contribution in [3.05, 3.63) is 23.2 Å². The van der Waals surface area contributed by atoms with Gasteiger partial charge in [0.2, 0.25) is 0 Å². The molecule has 3 rings (SSSR count). The predicted molar refractivity (Wildman–Crippen MR) is 83.9 cm³/mol. The van der Waals surface area contributed by atoms with Gasteiger partial charge in [-0.2, -0.15) is 8.75 Å². The number of rotatable bonds is 3. The van der Waals surface area contributed by atoms with Crippen molar-refractivity contribution in [1.29, 1.82) is 0 Å². The highest BCUT2D eigenvalue weighted by molar-refractivity contribution is 7.98. The Labute approximate surface area is 128 Å². The summed E-state index contributed by atoms with van der Waals surface area (Å²) in [5, 5.41) is 4.28. The molecule has 3 N–H and O–H groups in total. The number of nitrogen functional groups attached to an aromatic ring is 1. The number of nitrogens with one attached hydrogen (secondary N) is 1. The average Bonchev–Trinajstić information content (AvgIpc) is 2.90. The minimum absolute atomic E-state index is 0.395. The lowest BCUT2D eigenvalue weighted by molar-refractivity contribution is 0.984. The van der Waals surface area contributed by atoms with E-state index >= 15 is 0 Å². The number of hydrogen-bond donors (Lipinski definition) is 2. The lowest BCUT2D eigenvalue weighted by atomic mass is 10.2. The minimum atomic E-state index is 0.395. The van der Waals surface area contributed by atoms with Gasteiger partial charge in [0.1, 0.15) is 22.7 Å². The van der Waals surface area contributed by atoms with Crippen molar-refractivity contribution in [1.82, 2.24) is 18.7 Å². The largest absolute Gasteiger partial charge is 0.383 e. The molecule has 1 aromatic carbocycles. The smallest absolute Gasteiger partial charge is 0.191 e. The van der Waals surface area contributed by atoms with Crippen molar-refractivity contribution >= 4 is 63.4 Å². The summed E-state index contributed by atoms with van der Waals surface area (Å²) in [6.45, 7) is 0. The summed E-state index contributed by atoms with van der Waals surface area (Å²) in [6, 6.07) is 5.25. The molecule has 102 valence electrons. The van der Waals surface area contributed by atoms with Crippen LogP contribution in [0.25, 0.3) is 11.0 Å². The van der Waals surface area contributed by atoms with Crippen molar-refractivity contribution in [3.63, 3.8) is 0 Å². The van der Waals surface area contributed by atoms with Crippen LogP contribution in [-0.2, 0) is 0 Å². The molecule has 0 aliphatic rings. The molecule has 0 saturated carbocycles. The maximum absolute atomic E-state index is 6.22. The van der Waals surface area contributed by atoms with Gasteiger partial charge in [-0.25, -0.2) is 9.97 Å². The van der Waals surface area contributed by atoms with Gasteiger partial charge in [0.05, 0.1) is 22.4 Å². The van der Waals surface area contributed by atoms with Gasteiger partial charge >= 0.3 is 0 Å². The first-order valence-electron chi connectivity index (χ1n) is 5.53. The van der Waals surface area contributed by atoms with E-state index in [0.29, 0.717) is 33.0 Å². The number of thioether (sulfide) groups is 1. The molecule has 0 aliphatic carbocycles. The second-order valence-corrected chi connectivity index (χ2v) is 5.55. The first kappa shape index (κ1) is 13.3. The number of anilines is 3. The van der Waals surface area contributed by atoms with Gasteiger partial charge in [-0.3, -0.25) is 0 Å². The Balaban J connectivity index is 2.07. The van der Waals surface area contributed by atoms with Gasteiger partial charge < -0.3 is 11.1 Å². The van der Waals surface area contributed by atoms with E-state index in [1.807, 2.05) is 12.3 Å². The Morgan fingerprint density at radius 1 is 1.30 bits per heavy atom. The van der Waals surface area contributed by atoms with Crippen molar-refractivity contribution in [2.24, 2.45) is 0 Å². The first-order chi connectivity index (χ1) is 9.67. The molecule has 0 radical (unpaired) electrons. The zero-order chi connectivity index (χ0) is 14.1. The van der Waals surface area contributed by atoms with E-state index in [4.69, 9.17) is 17.3 Å². The second kappa shape index (κ2) is 5.39. The molecule has 2 heterocycles. The summed E-state index contributed by atoms with van der Waals surface area (Å²) in [5.74, 6) is 0.968. The van der Waals surface area contributed by atoms with Crippen LogP contribution < -0.4 is 11.1 Å². The highest BCUT2D eigenvalue weighted by atomic mass is 35.5. The van der Waals surface area contributed by atoms with Gasteiger partial charge in [0, 0.05) is 6.07 Å². The molecule has 0 unspecified atom stereocenters. The van der Waals surface area contributed by atoms with E-state index in [1.54, 1.807) is 12.1 Å². The maximum Gasteiger partial charge on any atom is 0.191 e. The van der Waals surface area contributed by atoms with Crippen LogP contribution in [0.3, 0.4) is 0 Å². The fourth-order valence-electron chi connectivity index (χ4n) is 1.67. The molecule has 20 heavy (non-hydrogen) atoms. The van der Waals surface area contributed by atoms with Crippen LogP contribution >= 0.6 is 35.1 Å². The molecule has 0 aliphatic heterocycles. The fourth-order valence-corrected chi connectivity index (χ4v) is 2.80. The van der Waals surface area contributed by atoms with Gasteiger partial charge in [-0.05, 0) is 18.4 Å². The third-order valence-electron chi connectivity index (χ3n) is 2.54. The van der Waals surface area contributed by atoms with Crippen LogP contribution in [0.5, 0.6) is 0 Å². The van der Waals surface area contributed by atoms with E-state index in [1.165, 1.54) is 11.8 Å². The Morgan fingerprint density at radius 3 is 2.95 bits per heavy atom. The quantitative estimate of drug-likeness (QED) is 0.565. The zero-order valence-corrected chi connectivity index (χ0v) is 12.7. The van der Waals surface area contributed by atoms with Crippen LogP contribution in [0.1, 0.15) is 0 Å². The summed E-state index contributed by atoms with van der Waals surface area (Å²) in [7, 11) is 0. The monoisotopic (exact) mass is 324 g/mol. The van der Waals surface area contributed by atoms with Crippen molar-refractivity contribution < 1.29 is 0 Å². The van der Waals surface area contributed by atoms with Crippen molar-refractivity contribution in [2.45, 2.75) is 5.16 Å². The van der Waals surface area contributed by atoms with E-state index in [-0.39, 0.29) is 0 Å². The Morgan fingerprint density at radius 2 is 2.15 bits per heavy atom. The molecule has 9 heteroatoms. The maximum atomic E-state index is 6.22. The average molecular weight is 325 g/mol. The van der Waals surface area contributed by atoms with Crippen molar-refractivity contribution in [2.75, 3.05) is 17.3 Å². The third kappa shape index (κ3) is 2.49. The lowest BCUT2D eigenvalue weighted by Gasteiger charge is -2.09. The lowest BCUT2D eigenvalue weighted by Crippen LogP contribution is -2.01. The van der Waals surface area contributed by atoms with Gasteiger partial charge in [-0.1, -0.05) is 23.4 Å². The molecule has 0 saturated heterocycles. The molecule has 0 spiro atoms. The van der Waals surface area contributed by atoms with Crippen LogP contribution in [0.15, 0.2) is 23.4 Å². The highest BCUT2D eigenvalue weighted by Crippen LogP contribution is 2.32. The summed E-state index contributed by atoms with van der Waals surface area (Å²) >= 11 is 8.77. The Hall–Kier alpha value is -1.64. The fraction of sp³-hybridized carbons (Fsp3) is 0.0909. The first-order valence-corrected chi connectivity index (χ1v) is 7.87. The Bertz CT molecular complexity index is 775. The summed E-state index contributed by atoms with van der Waals surface area (Å²) < 4.78 is 8.43. The number of fused-ring (bicyclic) bond motifs is 1. The minimum Gasteiger partial charge on any atom is -0.383 e. The van der Waals surface area contributed by atoms with E-state index in [0.717, 1.165) is 17.2 Å². The summed E-state index contributed by atoms with van der Waals surface area (Å²) in [5.41, 5.74) is 7.92. The van der Waals surface area contributed by atoms with E-state index < -0.39 is 0 Å². The number of benzene rings is 1. The van der Waals surface area contributed by atoms with E-state index in [2.05, 4.69) is 24.0 Å². The standard InChI is InChI=1S/C11H9ClN6S2/c1-19-11-14-7(13)4-8(16-11)15-9-5(12)2-3-6-10(9)18-20-17-6/h2-4H,1H3,(H3,13,14,15,16). The number of hydrogen-bond acceptors (Lipinski definition) is 8. The molecule has 0 fully saturated rings. The normalized spacial score (nSPS) is 10.9. The number of nitrogens with two attached hydrogens (primary N) is 1. The van der Waals surface area contributed by atoms with Crippen LogP contribution in [0.4, 0.5) is 17.3 Å². The van der Waals surface area contributed by atoms with Crippen molar-refractivity contribution in [3.8, 4) is 0 Å². The molecule has 3 aromatic rings. The molecule has 6 nitrogen and oxygen atoms in total. The van der Waals surface area contributed by atoms with E-state index in [9.17, 15) is 0 Å². The molecular formula is C11H9ClN6S2.